The number of hydrogen-bond donors (Lipinski definition) is 1. The van der Waals surface area contributed by atoms with E-state index in [9.17, 15) is 9.18 Å². The first-order valence-electron chi connectivity index (χ1n) is 13.9. The Morgan fingerprint density at radius 1 is 1.13 bits per heavy atom. The number of nitrogens with two attached hydrogens (primary N) is 1. The predicted molar refractivity (Wildman–Crippen MR) is 146 cm³/mol. The molecule has 0 radical (unpaired) electrons. The van der Waals surface area contributed by atoms with E-state index in [0.29, 0.717) is 35.5 Å². The Balaban J connectivity index is 1.10. The lowest BCUT2D eigenvalue weighted by Crippen LogP contribution is -2.43. The molecule has 2 fully saturated rings. The van der Waals surface area contributed by atoms with Gasteiger partial charge < -0.3 is 24.8 Å². The minimum Gasteiger partial charge on any atom is -0.477 e. The van der Waals surface area contributed by atoms with Crippen LogP contribution in [0.4, 0.5) is 10.4 Å². The maximum atomic E-state index is 14.9. The van der Waals surface area contributed by atoms with Gasteiger partial charge in [-0.2, -0.15) is 4.98 Å². The lowest BCUT2D eigenvalue weighted by atomic mass is 9.98. The van der Waals surface area contributed by atoms with Crippen molar-refractivity contribution in [3.05, 3.63) is 53.7 Å². The first-order valence-corrected chi connectivity index (χ1v) is 13.9. The highest BCUT2D eigenvalue weighted by Crippen LogP contribution is 2.26. The molecule has 208 valence electrons. The van der Waals surface area contributed by atoms with E-state index in [2.05, 4.69) is 20.0 Å². The number of rotatable bonds is 9. The molecule has 2 N–H and O–H groups in total. The van der Waals surface area contributed by atoms with Crippen molar-refractivity contribution in [3.63, 3.8) is 0 Å². The molecule has 0 bridgehead atoms. The van der Waals surface area contributed by atoms with E-state index in [4.69, 9.17) is 15.0 Å². The number of likely N-dealkylation sites (tertiary alicyclic amines) is 1. The highest BCUT2D eigenvalue weighted by Gasteiger charge is 2.25. The number of aromatic nitrogens is 3. The number of anilines is 1. The number of benzene rings is 1. The van der Waals surface area contributed by atoms with Gasteiger partial charge >= 0.3 is 6.01 Å². The SMILES string of the molecule is CC(C)c1noc(N2CCC(COc3ccc(-c4ccc(CC(N)C(=O)N5CCCC5)c(F)c4)cn3)CC2)n1. The minimum atomic E-state index is -0.731. The van der Waals surface area contributed by atoms with Crippen molar-refractivity contribution in [1.29, 1.82) is 0 Å². The molecule has 2 aliphatic heterocycles. The zero-order chi connectivity index (χ0) is 27.4. The van der Waals surface area contributed by atoms with Gasteiger partial charge in [-0.3, -0.25) is 4.79 Å². The number of nitrogens with zero attached hydrogens (tertiary/aromatic N) is 5. The first kappa shape index (κ1) is 27.1. The molecule has 39 heavy (non-hydrogen) atoms. The zero-order valence-electron chi connectivity index (χ0n) is 22.7. The highest BCUT2D eigenvalue weighted by molar-refractivity contribution is 5.82. The fraction of sp³-hybridized carbons (Fsp3) is 0.517. The third-order valence-electron chi connectivity index (χ3n) is 7.60. The number of amides is 1. The van der Waals surface area contributed by atoms with Crippen LogP contribution in [0.25, 0.3) is 11.1 Å². The summed E-state index contributed by atoms with van der Waals surface area (Å²) in [4.78, 5) is 25.3. The predicted octanol–water partition coefficient (Wildman–Crippen LogP) is 4.18. The summed E-state index contributed by atoms with van der Waals surface area (Å²) < 4.78 is 26.2. The van der Waals surface area contributed by atoms with Crippen LogP contribution >= 0.6 is 0 Å². The van der Waals surface area contributed by atoms with Gasteiger partial charge in [-0.25, -0.2) is 9.37 Å². The summed E-state index contributed by atoms with van der Waals surface area (Å²) >= 11 is 0. The van der Waals surface area contributed by atoms with Crippen LogP contribution in [0.2, 0.25) is 0 Å². The Kier molecular flexibility index (Phi) is 8.40. The van der Waals surface area contributed by atoms with Crippen molar-refractivity contribution in [3.8, 4) is 17.0 Å². The second-order valence-electron chi connectivity index (χ2n) is 10.9. The van der Waals surface area contributed by atoms with Crippen LogP contribution in [0.3, 0.4) is 0 Å². The molecular formula is C29H37FN6O3. The van der Waals surface area contributed by atoms with E-state index in [0.717, 1.165) is 63.3 Å². The molecule has 1 aromatic carbocycles. The maximum absolute atomic E-state index is 14.9. The Labute approximate surface area is 228 Å². The van der Waals surface area contributed by atoms with Crippen LogP contribution in [0, 0.1) is 11.7 Å². The summed E-state index contributed by atoms with van der Waals surface area (Å²) in [7, 11) is 0. The molecule has 2 aliphatic rings. The van der Waals surface area contributed by atoms with E-state index in [1.165, 1.54) is 6.07 Å². The summed E-state index contributed by atoms with van der Waals surface area (Å²) in [5.74, 6) is 1.46. The van der Waals surface area contributed by atoms with Crippen molar-refractivity contribution in [2.75, 3.05) is 37.7 Å². The lowest BCUT2D eigenvalue weighted by Gasteiger charge is -2.30. The fourth-order valence-electron chi connectivity index (χ4n) is 5.11. The molecule has 1 amide bonds. The van der Waals surface area contributed by atoms with E-state index in [1.54, 1.807) is 17.2 Å². The van der Waals surface area contributed by atoms with Crippen molar-refractivity contribution in [2.45, 2.75) is 57.9 Å². The lowest BCUT2D eigenvalue weighted by molar-refractivity contribution is -0.131. The largest absolute Gasteiger partial charge is 0.477 e. The number of carbonyl (C=O) groups is 1. The molecule has 0 aliphatic carbocycles. The zero-order valence-corrected chi connectivity index (χ0v) is 22.7. The topological polar surface area (TPSA) is 111 Å². The quantitative estimate of drug-likeness (QED) is 0.434. The second kappa shape index (κ2) is 12.1. The van der Waals surface area contributed by atoms with Crippen LogP contribution < -0.4 is 15.4 Å². The van der Waals surface area contributed by atoms with Gasteiger partial charge in [0.05, 0.1) is 12.6 Å². The van der Waals surface area contributed by atoms with Crippen LogP contribution in [-0.4, -0.2) is 64.8 Å². The highest BCUT2D eigenvalue weighted by atomic mass is 19.1. The summed E-state index contributed by atoms with van der Waals surface area (Å²) in [5, 5.41) is 4.05. The van der Waals surface area contributed by atoms with E-state index in [-0.39, 0.29) is 24.1 Å². The molecule has 2 saturated heterocycles. The average molecular weight is 537 g/mol. The molecule has 10 heteroatoms. The van der Waals surface area contributed by atoms with Crippen LogP contribution in [0.1, 0.15) is 56.8 Å². The van der Waals surface area contributed by atoms with Gasteiger partial charge in [-0.15, -0.1) is 0 Å². The fourth-order valence-corrected chi connectivity index (χ4v) is 5.11. The van der Waals surface area contributed by atoms with Crippen molar-refractivity contribution in [1.82, 2.24) is 20.0 Å². The summed E-state index contributed by atoms with van der Waals surface area (Å²) in [6.45, 7) is 7.84. The number of ether oxygens (including phenoxy) is 1. The van der Waals surface area contributed by atoms with Crippen molar-refractivity contribution >= 4 is 11.9 Å². The molecule has 2 aromatic heterocycles. The van der Waals surface area contributed by atoms with Gasteiger partial charge in [-0.05, 0) is 61.3 Å². The number of hydrogen-bond acceptors (Lipinski definition) is 8. The first-order chi connectivity index (χ1) is 18.9. The third kappa shape index (κ3) is 6.55. The van der Waals surface area contributed by atoms with Crippen LogP contribution in [0.5, 0.6) is 5.88 Å². The van der Waals surface area contributed by atoms with E-state index < -0.39 is 6.04 Å². The monoisotopic (exact) mass is 536 g/mol. The van der Waals surface area contributed by atoms with Crippen molar-refractivity contribution < 1.29 is 18.4 Å². The number of pyridine rings is 1. The Morgan fingerprint density at radius 3 is 2.51 bits per heavy atom. The molecular weight excluding hydrogens is 499 g/mol. The summed E-state index contributed by atoms with van der Waals surface area (Å²) in [6, 6.07) is 8.57. The molecule has 4 heterocycles. The second-order valence-corrected chi connectivity index (χ2v) is 10.9. The van der Waals surface area contributed by atoms with Gasteiger partial charge in [0, 0.05) is 49.9 Å². The number of piperidine rings is 1. The summed E-state index contributed by atoms with van der Waals surface area (Å²) in [6.07, 6.45) is 5.81. The Hall–Kier alpha value is -3.53. The molecule has 9 nitrogen and oxygen atoms in total. The smallest absolute Gasteiger partial charge is 0.324 e. The van der Waals surface area contributed by atoms with Crippen molar-refractivity contribution in [2.24, 2.45) is 11.7 Å². The minimum absolute atomic E-state index is 0.103. The molecule has 1 atom stereocenters. The van der Waals surface area contributed by atoms with Crippen LogP contribution in [-0.2, 0) is 11.2 Å². The maximum Gasteiger partial charge on any atom is 0.324 e. The van der Waals surface area contributed by atoms with Gasteiger partial charge in [0.1, 0.15) is 5.82 Å². The van der Waals surface area contributed by atoms with Gasteiger partial charge in [0.2, 0.25) is 11.8 Å². The number of carbonyl (C=O) groups excluding carboxylic acids is 1. The van der Waals surface area contributed by atoms with Gasteiger partial charge in [0.25, 0.3) is 0 Å². The molecule has 1 unspecified atom stereocenters. The Morgan fingerprint density at radius 2 is 1.87 bits per heavy atom. The molecule has 3 aromatic rings. The molecule has 5 rings (SSSR count). The summed E-state index contributed by atoms with van der Waals surface area (Å²) in [5.41, 5.74) is 8.04. The van der Waals surface area contributed by atoms with Crippen LogP contribution in [0.15, 0.2) is 41.1 Å². The Bertz CT molecular complexity index is 1250. The standard InChI is InChI=1S/C29H37FN6O3/c1-19(2)27-33-29(39-34-27)36-13-9-20(10-14-36)18-38-26-8-7-23(17-32-26)21-5-6-22(24(30)15-21)16-25(31)28(37)35-11-3-4-12-35/h5-8,15,17,19-20,25H,3-4,9-14,16,18,31H2,1-2H3. The normalized spacial score (nSPS) is 17.2. The van der Waals surface area contributed by atoms with E-state index >= 15 is 0 Å². The van der Waals surface area contributed by atoms with Gasteiger partial charge in [0.15, 0.2) is 5.82 Å². The van der Waals surface area contributed by atoms with E-state index in [1.807, 2.05) is 32.0 Å². The number of halogens is 1. The van der Waals surface area contributed by atoms with Gasteiger partial charge in [-0.1, -0.05) is 31.1 Å². The average Bonchev–Trinajstić information content (AvgIpc) is 3.66. The third-order valence-corrected chi connectivity index (χ3v) is 7.60. The molecule has 0 spiro atoms. The molecule has 0 saturated carbocycles.